The van der Waals surface area contributed by atoms with Crippen molar-refractivity contribution in [1.82, 2.24) is 15.2 Å². The first-order valence-electron chi connectivity index (χ1n) is 9.91. The highest BCUT2D eigenvalue weighted by molar-refractivity contribution is 5.68. The summed E-state index contributed by atoms with van der Waals surface area (Å²) in [6, 6.07) is 13.2. The van der Waals surface area contributed by atoms with Crippen LogP contribution in [0.25, 0.3) is 0 Å². The summed E-state index contributed by atoms with van der Waals surface area (Å²) in [5.41, 5.74) is 1.85. The number of benzene rings is 1. The Balaban J connectivity index is 1.29. The SMILES string of the molecule is O=C(N[C@@H]1COc2nc(N3CCN(C(=O)O)CC3)ccc2C1)OCc1ccccc1. The summed E-state index contributed by atoms with van der Waals surface area (Å²) in [5.74, 6) is 1.33. The maximum atomic E-state index is 12.1. The fourth-order valence-corrected chi connectivity index (χ4v) is 3.57. The number of fused-ring (bicyclic) bond motifs is 1. The topological polar surface area (TPSA) is 104 Å². The lowest BCUT2D eigenvalue weighted by Gasteiger charge is -2.34. The van der Waals surface area contributed by atoms with Crippen molar-refractivity contribution in [3.05, 3.63) is 53.6 Å². The number of piperazine rings is 1. The number of pyridine rings is 1. The van der Waals surface area contributed by atoms with Crippen LogP contribution in [0.15, 0.2) is 42.5 Å². The van der Waals surface area contributed by atoms with Gasteiger partial charge in [0.25, 0.3) is 0 Å². The first-order chi connectivity index (χ1) is 14.6. The zero-order valence-corrected chi connectivity index (χ0v) is 16.5. The van der Waals surface area contributed by atoms with Gasteiger partial charge in [-0.3, -0.25) is 0 Å². The van der Waals surface area contributed by atoms with Gasteiger partial charge in [-0.05, 0) is 17.7 Å². The van der Waals surface area contributed by atoms with Crippen molar-refractivity contribution in [3.63, 3.8) is 0 Å². The Bertz CT molecular complexity index is 900. The number of anilines is 1. The van der Waals surface area contributed by atoms with Gasteiger partial charge in [-0.1, -0.05) is 30.3 Å². The third-order valence-corrected chi connectivity index (χ3v) is 5.22. The Morgan fingerprint density at radius 2 is 1.90 bits per heavy atom. The molecule has 2 aromatic rings. The van der Waals surface area contributed by atoms with Gasteiger partial charge in [0.1, 0.15) is 19.0 Å². The van der Waals surface area contributed by atoms with E-state index in [4.69, 9.17) is 14.6 Å². The Labute approximate surface area is 174 Å². The second-order valence-corrected chi connectivity index (χ2v) is 7.31. The van der Waals surface area contributed by atoms with Gasteiger partial charge < -0.3 is 29.7 Å². The van der Waals surface area contributed by atoms with Gasteiger partial charge in [0.15, 0.2) is 0 Å². The molecule has 158 valence electrons. The molecule has 1 saturated heterocycles. The molecule has 9 nitrogen and oxygen atoms in total. The molecule has 2 aliphatic rings. The molecule has 0 unspecified atom stereocenters. The number of nitrogens with one attached hydrogen (secondary N) is 1. The average Bonchev–Trinajstić information content (AvgIpc) is 2.78. The van der Waals surface area contributed by atoms with Crippen LogP contribution in [0.4, 0.5) is 15.4 Å². The molecule has 0 saturated carbocycles. The van der Waals surface area contributed by atoms with Crippen LogP contribution in [-0.2, 0) is 17.8 Å². The molecule has 30 heavy (non-hydrogen) atoms. The van der Waals surface area contributed by atoms with Gasteiger partial charge in [-0.15, -0.1) is 0 Å². The van der Waals surface area contributed by atoms with Gasteiger partial charge in [0.05, 0.1) is 6.04 Å². The third kappa shape index (κ3) is 4.73. The van der Waals surface area contributed by atoms with Crippen LogP contribution in [0.1, 0.15) is 11.1 Å². The molecule has 1 fully saturated rings. The Morgan fingerprint density at radius 3 is 2.63 bits per heavy atom. The Kier molecular flexibility index (Phi) is 5.87. The fourth-order valence-electron chi connectivity index (χ4n) is 3.57. The van der Waals surface area contributed by atoms with E-state index in [0.29, 0.717) is 45.1 Å². The number of hydrogen-bond donors (Lipinski definition) is 2. The van der Waals surface area contributed by atoms with Crippen molar-refractivity contribution < 1.29 is 24.2 Å². The number of carbonyl (C=O) groups is 2. The van der Waals surface area contributed by atoms with Crippen molar-refractivity contribution in [2.75, 3.05) is 37.7 Å². The standard InChI is InChI=1S/C21H24N4O5/c26-20(30-13-15-4-2-1-3-5-15)22-17-12-16-6-7-18(23-19(16)29-14-17)24-8-10-25(11-9-24)21(27)28/h1-7,17H,8-14H2,(H,22,26)(H,27,28)/t17-/m0/s1. The minimum absolute atomic E-state index is 0.187. The highest BCUT2D eigenvalue weighted by Gasteiger charge is 2.26. The van der Waals surface area contributed by atoms with Crippen molar-refractivity contribution >= 4 is 18.0 Å². The highest BCUT2D eigenvalue weighted by atomic mass is 16.5. The number of nitrogens with zero attached hydrogens (tertiary/aromatic N) is 3. The number of ether oxygens (including phenoxy) is 2. The predicted octanol–water partition coefficient (Wildman–Crippen LogP) is 2.11. The van der Waals surface area contributed by atoms with E-state index in [2.05, 4.69) is 10.3 Å². The Hall–Kier alpha value is -3.49. The third-order valence-electron chi connectivity index (χ3n) is 5.22. The minimum atomic E-state index is -0.891. The van der Waals surface area contributed by atoms with Crippen LogP contribution in [0.5, 0.6) is 5.88 Å². The van der Waals surface area contributed by atoms with E-state index in [1.54, 1.807) is 0 Å². The monoisotopic (exact) mass is 412 g/mol. The van der Waals surface area contributed by atoms with Gasteiger partial charge >= 0.3 is 12.2 Å². The molecule has 4 rings (SSSR count). The lowest BCUT2D eigenvalue weighted by Crippen LogP contribution is -2.48. The largest absolute Gasteiger partial charge is 0.475 e. The molecule has 1 aromatic carbocycles. The van der Waals surface area contributed by atoms with Crippen LogP contribution >= 0.6 is 0 Å². The minimum Gasteiger partial charge on any atom is -0.475 e. The van der Waals surface area contributed by atoms with Crippen LogP contribution in [0.3, 0.4) is 0 Å². The smallest absolute Gasteiger partial charge is 0.407 e. The van der Waals surface area contributed by atoms with Crippen LogP contribution in [0.2, 0.25) is 0 Å². The van der Waals surface area contributed by atoms with E-state index in [0.717, 1.165) is 16.9 Å². The molecule has 2 N–H and O–H groups in total. The fraction of sp³-hybridized carbons (Fsp3) is 0.381. The summed E-state index contributed by atoms with van der Waals surface area (Å²) in [6.45, 7) is 2.62. The zero-order valence-electron chi connectivity index (χ0n) is 16.5. The van der Waals surface area contributed by atoms with Crippen LogP contribution in [0, 0.1) is 0 Å². The number of carbonyl (C=O) groups excluding carboxylic acids is 1. The van der Waals surface area contributed by atoms with Crippen molar-refractivity contribution in [2.45, 2.75) is 19.1 Å². The molecule has 0 aliphatic carbocycles. The number of carboxylic acid groups (broad SMARTS) is 1. The maximum Gasteiger partial charge on any atom is 0.407 e. The first-order valence-corrected chi connectivity index (χ1v) is 9.91. The quantitative estimate of drug-likeness (QED) is 0.793. The van der Waals surface area contributed by atoms with Gasteiger partial charge in [0.2, 0.25) is 5.88 Å². The number of alkyl carbamates (subject to hydrolysis) is 1. The van der Waals surface area contributed by atoms with E-state index in [9.17, 15) is 9.59 Å². The number of rotatable bonds is 4. The van der Waals surface area contributed by atoms with E-state index < -0.39 is 12.2 Å². The summed E-state index contributed by atoms with van der Waals surface area (Å²) in [5, 5.41) is 11.9. The predicted molar refractivity (Wildman–Crippen MR) is 109 cm³/mol. The summed E-state index contributed by atoms with van der Waals surface area (Å²) >= 11 is 0. The second-order valence-electron chi connectivity index (χ2n) is 7.31. The summed E-state index contributed by atoms with van der Waals surface area (Å²) in [6.07, 6.45) is -0.760. The normalized spacial score (nSPS) is 18.2. The molecule has 1 aromatic heterocycles. The van der Waals surface area contributed by atoms with Gasteiger partial charge in [-0.2, -0.15) is 4.98 Å². The summed E-state index contributed by atoms with van der Waals surface area (Å²) < 4.78 is 11.0. The van der Waals surface area contributed by atoms with E-state index >= 15 is 0 Å². The second kappa shape index (κ2) is 8.89. The molecule has 2 aliphatic heterocycles. The molecular weight excluding hydrogens is 388 g/mol. The number of hydrogen-bond acceptors (Lipinski definition) is 6. The van der Waals surface area contributed by atoms with E-state index in [1.807, 2.05) is 47.4 Å². The number of amides is 2. The lowest BCUT2D eigenvalue weighted by atomic mass is 10.1. The Morgan fingerprint density at radius 1 is 1.13 bits per heavy atom. The molecule has 0 spiro atoms. The molecule has 9 heteroatoms. The van der Waals surface area contributed by atoms with Crippen LogP contribution in [-0.4, -0.2) is 66.0 Å². The molecular formula is C21H24N4O5. The average molecular weight is 412 g/mol. The van der Waals surface area contributed by atoms with Crippen LogP contribution < -0.4 is 15.0 Å². The van der Waals surface area contributed by atoms with E-state index in [1.165, 1.54) is 4.90 Å². The number of aromatic nitrogens is 1. The van der Waals surface area contributed by atoms with Gasteiger partial charge in [-0.25, -0.2) is 9.59 Å². The van der Waals surface area contributed by atoms with Crippen molar-refractivity contribution in [3.8, 4) is 5.88 Å². The highest BCUT2D eigenvalue weighted by Crippen LogP contribution is 2.26. The van der Waals surface area contributed by atoms with Crippen molar-refractivity contribution in [2.24, 2.45) is 0 Å². The molecule has 0 bridgehead atoms. The summed E-state index contributed by atoms with van der Waals surface area (Å²) in [4.78, 5) is 31.2. The zero-order chi connectivity index (χ0) is 20.9. The molecule has 1 atom stereocenters. The molecule has 3 heterocycles. The molecule has 0 radical (unpaired) electrons. The first kappa shape index (κ1) is 19.8. The summed E-state index contributed by atoms with van der Waals surface area (Å²) in [7, 11) is 0. The van der Waals surface area contributed by atoms with Crippen molar-refractivity contribution in [1.29, 1.82) is 0 Å². The lowest BCUT2D eigenvalue weighted by molar-refractivity contribution is 0.128. The maximum absolute atomic E-state index is 12.1. The molecule has 2 amide bonds. The van der Waals surface area contributed by atoms with Gasteiger partial charge in [0, 0.05) is 38.2 Å². The van der Waals surface area contributed by atoms with E-state index in [-0.39, 0.29) is 12.6 Å².